The smallest absolute Gasteiger partial charge is 0.254 e. The van der Waals surface area contributed by atoms with Gasteiger partial charge in [-0.3, -0.25) is 4.79 Å². The standard InChI is InChI=1S/C13H12F3NO2/c1-3-5-7(4-2)17-13(19)8-6-9(14)11(16)12(18)10(8)15/h1,6-7,18H,4-5H2,2H3,(H,17,19). The third kappa shape index (κ3) is 3.19. The van der Waals surface area contributed by atoms with Crippen molar-refractivity contribution in [1.82, 2.24) is 5.32 Å². The van der Waals surface area contributed by atoms with Crippen LogP contribution in [0.15, 0.2) is 6.07 Å². The van der Waals surface area contributed by atoms with E-state index in [0.717, 1.165) is 0 Å². The van der Waals surface area contributed by atoms with Crippen molar-refractivity contribution >= 4 is 5.91 Å². The van der Waals surface area contributed by atoms with Gasteiger partial charge in [0, 0.05) is 12.5 Å². The average Bonchev–Trinajstić information content (AvgIpc) is 2.39. The second-order valence-corrected chi connectivity index (χ2v) is 3.87. The Morgan fingerprint density at radius 2 is 2.11 bits per heavy atom. The number of halogens is 3. The molecule has 1 aromatic rings. The van der Waals surface area contributed by atoms with Gasteiger partial charge in [0.1, 0.15) is 0 Å². The van der Waals surface area contributed by atoms with Gasteiger partial charge < -0.3 is 10.4 Å². The molecule has 6 heteroatoms. The van der Waals surface area contributed by atoms with Crippen molar-refractivity contribution in [3.05, 3.63) is 29.1 Å². The van der Waals surface area contributed by atoms with E-state index in [0.29, 0.717) is 12.5 Å². The number of hydrogen-bond acceptors (Lipinski definition) is 2. The van der Waals surface area contributed by atoms with E-state index in [1.165, 1.54) is 0 Å². The SMILES string of the molecule is C#CCC(CC)NC(=O)c1cc(F)c(F)c(O)c1F. The quantitative estimate of drug-likeness (QED) is 0.652. The van der Waals surface area contributed by atoms with Gasteiger partial charge in [-0.05, 0) is 12.5 Å². The summed E-state index contributed by atoms with van der Waals surface area (Å²) in [6.45, 7) is 1.75. The Labute approximate surface area is 108 Å². The van der Waals surface area contributed by atoms with Gasteiger partial charge in [0.05, 0.1) is 5.56 Å². The highest BCUT2D eigenvalue weighted by atomic mass is 19.2. The molecule has 102 valence electrons. The second-order valence-electron chi connectivity index (χ2n) is 3.87. The molecule has 1 amide bonds. The van der Waals surface area contributed by atoms with Crippen LogP contribution in [0.3, 0.4) is 0 Å². The van der Waals surface area contributed by atoms with E-state index in [2.05, 4.69) is 11.2 Å². The van der Waals surface area contributed by atoms with Gasteiger partial charge in [-0.25, -0.2) is 8.78 Å². The minimum Gasteiger partial charge on any atom is -0.503 e. The van der Waals surface area contributed by atoms with Crippen molar-refractivity contribution in [1.29, 1.82) is 0 Å². The summed E-state index contributed by atoms with van der Waals surface area (Å²) in [5, 5.41) is 11.4. The number of terminal acetylenes is 1. The molecule has 0 saturated heterocycles. The van der Waals surface area contributed by atoms with E-state index >= 15 is 0 Å². The first-order valence-electron chi connectivity index (χ1n) is 5.53. The molecule has 0 bridgehead atoms. The molecule has 1 aromatic carbocycles. The summed E-state index contributed by atoms with van der Waals surface area (Å²) >= 11 is 0. The lowest BCUT2D eigenvalue weighted by atomic mass is 10.1. The summed E-state index contributed by atoms with van der Waals surface area (Å²) in [7, 11) is 0. The normalized spacial score (nSPS) is 11.7. The van der Waals surface area contributed by atoms with Gasteiger partial charge >= 0.3 is 0 Å². The van der Waals surface area contributed by atoms with Crippen molar-refractivity contribution in [2.75, 3.05) is 0 Å². The predicted molar refractivity (Wildman–Crippen MR) is 63.0 cm³/mol. The number of carbonyl (C=O) groups is 1. The first-order valence-corrected chi connectivity index (χ1v) is 5.53. The highest BCUT2D eigenvalue weighted by molar-refractivity contribution is 5.95. The number of carbonyl (C=O) groups excluding carboxylic acids is 1. The van der Waals surface area contributed by atoms with E-state index in [-0.39, 0.29) is 6.42 Å². The maximum absolute atomic E-state index is 13.5. The number of aromatic hydroxyl groups is 1. The molecular weight excluding hydrogens is 259 g/mol. The summed E-state index contributed by atoms with van der Waals surface area (Å²) in [5.74, 6) is -4.90. The molecule has 0 fully saturated rings. The van der Waals surface area contributed by atoms with E-state index in [9.17, 15) is 18.0 Å². The zero-order chi connectivity index (χ0) is 14.6. The van der Waals surface area contributed by atoms with Crippen LogP contribution < -0.4 is 5.32 Å². The Hall–Kier alpha value is -2.16. The molecule has 19 heavy (non-hydrogen) atoms. The monoisotopic (exact) mass is 271 g/mol. The lowest BCUT2D eigenvalue weighted by molar-refractivity contribution is 0.0931. The molecule has 0 spiro atoms. The molecule has 1 atom stereocenters. The van der Waals surface area contributed by atoms with Crippen LogP contribution in [0.1, 0.15) is 30.1 Å². The molecule has 1 unspecified atom stereocenters. The summed E-state index contributed by atoms with van der Waals surface area (Å²) in [5.41, 5.74) is -0.771. The fourth-order valence-corrected chi connectivity index (χ4v) is 1.46. The van der Waals surface area contributed by atoms with Crippen LogP contribution in [0.5, 0.6) is 5.75 Å². The molecule has 0 saturated carbocycles. The Morgan fingerprint density at radius 1 is 1.47 bits per heavy atom. The fraction of sp³-hybridized carbons (Fsp3) is 0.308. The molecule has 0 aliphatic heterocycles. The number of phenolic OH excluding ortho intramolecular Hbond substituents is 1. The second kappa shape index (κ2) is 6.14. The number of rotatable bonds is 4. The van der Waals surface area contributed by atoms with Crippen LogP contribution in [0.4, 0.5) is 13.2 Å². The minimum absolute atomic E-state index is 0.222. The van der Waals surface area contributed by atoms with Crippen molar-refractivity contribution < 1.29 is 23.1 Å². The Bertz CT molecular complexity index is 538. The predicted octanol–water partition coefficient (Wildman–Crippen LogP) is 2.34. The number of hydrogen-bond donors (Lipinski definition) is 2. The van der Waals surface area contributed by atoms with Gasteiger partial charge in [-0.2, -0.15) is 4.39 Å². The number of phenols is 1. The number of amides is 1. The zero-order valence-electron chi connectivity index (χ0n) is 10.1. The maximum atomic E-state index is 13.5. The van der Waals surface area contributed by atoms with Crippen molar-refractivity contribution in [3.8, 4) is 18.1 Å². The lowest BCUT2D eigenvalue weighted by Gasteiger charge is -2.15. The topological polar surface area (TPSA) is 49.3 Å². The van der Waals surface area contributed by atoms with Crippen LogP contribution in [0.25, 0.3) is 0 Å². The van der Waals surface area contributed by atoms with E-state index in [1.807, 2.05) is 0 Å². The molecule has 0 aromatic heterocycles. The Kier molecular flexibility index (Phi) is 4.81. The zero-order valence-corrected chi connectivity index (χ0v) is 10.1. The van der Waals surface area contributed by atoms with Crippen molar-refractivity contribution in [2.24, 2.45) is 0 Å². The third-order valence-electron chi connectivity index (χ3n) is 2.57. The molecule has 0 aliphatic rings. The number of benzene rings is 1. The van der Waals surface area contributed by atoms with Gasteiger partial charge in [0.25, 0.3) is 5.91 Å². The van der Waals surface area contributed by atoms with Crippen LogP contribution in [0, 0.1) is 29.8 Å². The molecule has 1 rings (SSSR count). The van der Waals surface area contributed by atoms with Crippen molar-refractivity contribution in [2.45, 2.75) is 25.8 Å². The lowest BCUT2D eigenvalue weighted by Crippen LogP contribution is -2.34. The summed E-state index contributed by atoms with van der Waals surface area (Å²) in [6, 6.07) is -0.0189. The molecular formula is C13H12F3NO2. The van der Waals surface area contributed by atoms with Crippen LogP contribution in [0.2, 0.25) is 0 Å². The first-order chi connectivity index (χ1) is 8.92. The highest BCUT2D eigenvalue weighted by Gasteiger charge is 2.23. The molecule has 0 heterocycles. The molecule has 3 nitrogen and oxygen atoms in total. The van der Waals surface area contributed by atoms with E-state index in [1.54, 1.807) is 6.92 Å². The van der Waals surface area contributed by atoms with E-state index in [4.69, 9.17) is 11.5 Å². The van der Waals surface area contributed by atoms with Crippen molar-refractivity contribution in [3.63, 3.8) is 0 Å². The molecule has 0 radical (unpaired) electrons. The van der Waals surface area contributed by atoms with Gasteiger partial charge in [-0.15, -0.1) is 12.3 Å². The van der Waals surface area contributed by atoms with Crippen LogP contribution in [-0.4, -0.2) is 17.1 Å². The van der Waals surface area contributed by atoms with E-state index < -0.39 is 40.7 Å². The van der Waals surface area contributed by atoms with Gasteiger partial charge in [0.2, 0.25) is 5.82 Å². The first kappa shape index (κ1) is 14.9. The summed E-state index contributed by atoms with van der Waals surface area (Å²) in [4.78, 5) is 11.7. The van der Waals surface area contributed by atoms with Crippen LogP contribution >= 0.6 is 0 Å². The fourth-order valence-electron chi connectivity index (χ4n) is 1.46. The minimum atomic E-state index is -1.73. The van der Waals surface area contributed by atoms with Gasteiger partial charge in [-0.1, -0.05) is 6.92 Å². The third-order valence-corrected chi connectivity index (χ3v) is 2.57. The summed E-state index contributed by atoms with van der Waals surface area (Å²) < 4.78 is 39.4. The Balaban J connectivity index is 3.04. The Morgan fingerprint density at radius 3 is 2.63 bits per heavy atom. The highest BCUT2D eigenvalue weighted by Crippen LogP contribution is 2.25. The summed E-state index contributed by atoms with van der Waals surface area (Å²) in [6.07, 6.45) is 5.81. The van der Waals surface area contributed by atoms with Gasteiger partial charge in [0.15, 0.2) is 17.4 Å². The average molecular weight is 271 g/mol. The van der Waals surface area contributed by atoms with Crippen LogP contribution in [-0.2, 0) is 0 Å². The maximum Gasteiger partial charge on any atom is 0.254 e. The largest absolute Gasteiger partial charge is 0.503 e. The molecule has 0 aliphatic carbocycles. The molecule has 2 N–H and O–H groups in total. The number of nitrogens with one attached hydrogen (secondary N) is 1.